The molecule has 0 fully saturated rings. The predicted octanol–water partition coefficient (Wildman–Crippen LogP) is 2.54. The number of aliphatic hydroxyl groups is 1. The Hall–Kier alpha value is -1.79. The molecule has 0 aliphatic rings. The molecule has 2 rings (SSSR count). The van der Waals surface area contributed by atoms with Crippen molar-refractivity contribution in [2.75, 3.05) is 12.3 Å². The van der Waals surface area contributed by atoms with E-state index < -0.39 is 5.60 Å². The Kier molecular flexibility index (Phi) is 6.07. The molecule has 0 bridgehead atoms. The van der Waals surface area contributed by atoms with Gasteiger partial charge in [-0.3, -0.25) is 9.48 Å². The second-order valence-corrected chi connectivity index (χ2v) is 7.47. The largest absolute Gasteiger partial charge is 0.383 e. The van der Waals surface area contributed by atoms with E-state index in [4.69, 9.17) is 0 Å². The van der Waals surface area contributed by atoms with E-state index in [2.05, 4.69) is 42.5 Å². The van der Waals surface area contributed by atoms with Crippen LogP contribution < -0.4 is 5.32 Å². The number of nitrogens with zero attached hydrogens (tertiary/aromatic N) is 2. The van der Waals surface area contributed by atoms with Crippen molar-refractivity contribution in [2.24, 2.45) is 7.05 Å². The van der Waals surface area contributed by atoms with E-state index in [9.17, 15) is 9.90 Å². The topological polar surface area (TPSA) is 67.2 Å². The van der Waals surface area contributed by atoms with Crippen molar-refractivity contribution >= 4 is 17.7 Å². The van der Waals surface area contributed by atoms with Crippen LogP contribution in [-0.2, 0) is 17.4 Å². The fourth-order valence-electron chi connectivity index (χ4n) is 2.23. The second kappa shape index (κ2) is 7.85. The van der Waals surface area contributed by atoms with Gasteiger partial charge in [-0.05, 0) is 44.0 Å². The molecule has 0 aliphatic heterocycles. The number of rotatable bonds is 7. The molecule has 0 saturated heterocycles. The number of aryl methyl sites for hydroxylation is 3. The lowest BCUT2D eigenvalue weighted by atomic mass is 10.00. The maximum Gasteiger partial charge on any atom is 0.220 e. The summed E-state index contributed by atoms with van der Waals surface area (Å²) in [5, 5.41) is 17.3. The lowest BCUT2D eigenvalue weighted by Crippen LogP contribution is -2.38. The van der Waals surface area contributed by atoms with Crippen molar-refractivity contribution < 1.29 is 9.90 Å². The highest BCUT2D eigenvalue weighted by Gasteiger charge is 2.25. The van der Waals surface area contributed by atoms with E-state index in [1.165, 1.54) is 16.0 Å². The predicted molar refractivity (Wildman–Crippen MR) is 97.0 cm³/mol. The smallest absolute Gasteiger partial charge is 0.220 e. The molecule has 1 heterocycles. The third-order valence-electron chi connectivity index (χ3n) is 4.03. The minimum absolute atomic E-state index is 0.0597. The SMILES string of the molecule is Cc1ccc(SCCC(=O)NCC(C)(O)c2cnn(C)c2)cc1C. The van der Waals surface area contributed by atoms with Gasteiger partial charge >= 0.3 is 0 Å². The molecule has 0 radical (unpaired) electrons. The Morgan fingerprint density at radius 2 is 2.12 bits per heavy atom. The summed E-state index contributed by atoms with van der Waals surface area (Å²) >= 11 is 1.67. The molecule has 1 aromatic carbocycles. The maximum absolute atomic E-state index is 12.0. The Bertz CT molecular complexity index is 710. The molecule has 0 saturated carbocycles. The highest BCUT2D eigenvalue weighted by molar-refractivity contribution is 7.99. The van der Waals surface area contributed by atoms with E-state index in [0.29, 0.717) is 17.7 Å². The van der Waals surface area contributed by atoms with Crippen molar-refractivity contribution in [3.05, 3.63) is 47.3 Å². The Morgan fingerprint density at radius 3 is 2.75 bits per heavy atom. The van der Waals surface area contributed by atoms with Crippen LogP contribution in [0.2, 0.25) is 0 Å². The second-order valence-electron chi connectivity index (χ2n) is 6.30. The number of benzene rings is 1. The zero-order valence-corrected chi connectivity index (χ0v) is 15.5. The van der Waals surface area contributed by atoms with Gasteiger partial charge in [-0.2, -0.15) is 5.10 Å². The molecular formula is C18H25N3O2S. The summed E-state index contributed by atoms with van der Waals surface area (Å²) in [7, 11) is 1.79. The van der Waals surface area contributed by atoms with Gasteiger partial charge in [0.15, 0.2) is 0 Å². The highest BCUT2D eigenvalue weighted by atomic mass is 32.2. The van der Waals surface area contributed by atoms with Gasteiger partial charge in [-0.15, -0.1) is 11.8 Å². The molecule has 1 atom stereocenters. The van der Waals surface area contributed by atoms with Crippen LogP contribution in [0.3, 0.4) is 0 Å². The number of amides is 1. The Labute approximate surface area is 147 Å². The van der Waals surface area contributed by atoms with Gasteiger partial charge in [0.05, 0.1) is 12.7 Å². The third kappa shape index (κ3) is 5.11. The molecular weight excluding hydrogens is 322 g/mol. The van der Waals surface area contributed by atoms with Crippen LogP contribution in [0.4, 0.5) is 0 Å². The molecule has 130 valence electrons. The minimum Gasteiger partial charge on any atom is -0.383 e. The summed E-state index contributed by atoms with van der Waals surface area (Å²) in [6.45, 7) is 6.03. The van der Waals surface area contributed by atoms with E-state index in [1.54, 1.807) is 42.8 Å². The minimum atomic E-state index is -1.12. The number of carbonyl (C=O) groups excluding carboxylic acids is 1. The van der Waals surface area contributed by atoms with Crippen LogP contribution >= 0.6 is 11.8 Å². The molecule has 0 aliphatic carbocycles. The standard InChI is InChI=1S/C18H25N3O2S/c1-13-5-6-16(9-14(13)2)24-8-7-17(22)19-12-18(3,23)15-10-20-21(4)11-15/h5-6,9-11,23H,7-8,12H2,1-4H3,(H,19,22). The number of hydrogen-bond donors (Lipinski definition) is 2. The van der Waals surface area contributed by atoms with Crippen molar-refractivity contribution in [1.29, 1.82) is 0 Å². The summed E-state index contributed by atoms with van der Waals surface area (Å²) in [4.78, 5) is 13.2. The normalized spacial score (nSPS) is 13.5. The average molecular weight is 347 g/mol. The Morgan fingerprint density at radius 1 is 1.38 bits per heavy atom. The molecule has 2 N–H and O–H groups in total. The lowest BCUT2D eigenvalue weighted by Gasteiger charge is -2.22. The van der Waals surface area contributed by atoms with Crippen molar-refractivity contribution in [2.45, 2.75) is 37.7 Å². The van der Waals surface area contributed by atoms with E-state index >= 15 is 0 Å². The fraction of sp³-hybridized carbons (Fsp3) is 0.444. The van der Waals surface area contributed by atoms with Gasteiger partial charge in [-0.25, -0.2) is 0 Å². The number of nitrogens with one attached hydrogen (secondary N) is 1. The summed E-state index contributed by atoms with van der Waals surface area (Å²) in [6, 6.07) is 6.33. The summed E-state index contributed by atoms with van der Waals surface area (Å²) in [6.07, 6.45) is 3.78. The molecule has 1 aromatic heterocycles. The molecule has 5 nitrogen and oxygen atoms in total. The first kappa shape index (κ1) is 18.5. The zero-order valence-electron chi connectivity index (χ0n) is 14.7. The van der Waals surface area contributed by atoms with E-state index in [-0.39, 0.29) is 12.5 Å². The van der Waals surface area contributed by atoms with Crippen LogP contribution in [0.5, 0.6) is 0 Å². The summed E-state index contributed by atoms with van der Waals surface area (Å²) in [5.74, 6) is 0.652. The number of aromatic nitrogens is 2. The van der Waals surface area contributed by atoms with Crippen molar-refractivity contribution in [3.63, 3.8) is 0 Å². The highest BCUT2D eigenvalue weighted by Crippen LogP contribution is 2.22. The molecule has 2 aromatic rings. The van der Waals surface area contributed by atoms with Crippen LogP contribution in [0, 0.1) is 13.8 Å². The average Bonchev–Trinajstić information content (AvgIpc) is 2.96. The zero-order chi connectivity index (χ0) is 17.7. The van der Waals surface area contributed by atoms with Gasteiger partial charge in [-0.1, -0.05) is 6.07 Å². The van der Waals surface area contributed by atoms with Crippen LogP contribution in [0.1, 0.15) is 30.0 Å². The van der Waals surface area contributed by atoms with Gasteiger partial charge in [0.2, 0.25) is 5.91 Å². The number of hydrogen-bond acceptors (Lipinski definition) is 4. The number of thioether (sulfide) groups is 1. The summed E-state index contributed by atoms with van der Waals surface area (Å²) in [5.41, 5.74) is 2.10. The van der Waals surface area contributed by atoms with Gasteiger partial charge in [0.1, 0.15) is 5.60 Å². The van der Waals surface area contributed by atoms with E-state index in [0.717, 1.165) is 0 Å². The van der Waals surface area contributed by atoms with Crippen molar-refractivity contribution in [3.8, 4) is 0 Å². The molecule has 1 unspecified atom stereocenters. The molecule has 24 heavy (non-hydrogen) atoms. The van der Waals surface area contributed by atoms with Crippen LogP contribution in [0.15, 0.2) is 35.5 Å². The molecule has 0 spiro atoms. The Balaban J connectivity index is 1.76. The lowest BCUT2D eigenvalue weighted by molar-refractivity contribution is -0.121. The quantitative estimate of drug-likeness (QED) is 0.756. The first-order valence-electron chi connectivity index (χ1n) is 7.96. The van der Waals surface area contributed by atoms with Crippen LogP contribution in [0.25, 0.3) is 0 Å². The van der Waals surface area contributed by atoms with Gasteiger partial charge < -0.3 is 10.4 Å². The van der Waals surface area contributed by atoms with Gasteiger partial charge in [0, 0.05) is 35.9 Å². The molecule has 1 amide bonds. The van der Waals surface area contributed by atoms with Crippen LogP contribution in [-0.4, -0.2) is 33.1 Å². The summed E-state index contributed by atoms with van der Waals surface area (Å²) < 4.78 is 1.63. The third-order valence-corrected chi connectivity index (χ3v) is 5.03. The maximum atomic E-state index is 12.0. The van der Waals surface area contributed by atoms with Crippen molar-refractivity contribution in [1.82, 2.24) is 15.1 Å². The molecule has 6 heteroatoms. The number of carbonyl (C=O) groups is 1. The van der Waals surface area contributed by atoms with E-state index in [1.807, 2.05) is 0 Å². The fourth-order valence-corrected chi connectivity index (χ4v) is 3.17. The first-order valence-corrected chi connectivity index (χ1v) is 8.95. The first-order chi connectivity index (χ1) is 11.3. The van der Waals surface area contributed by atoms with Gasteiger partial charge in [0.25, 0.3) is 0 Å². The monoisotopic (exact) mass is 347 g/mol.